The number of rotatable bonds is 3. The summed E-state index contributed by atoms with van der Waals surface area (Å²) >= 11 is 0. The minimum atomic E-state index is -0.851. The summed E-state index contributed by atoms with van der Waals surface area (Å²) in [6.45, 7) is 5.52. The van der Waals surface area contributed by atoms with Crippen LogP contribution >= 0.6 is 0 Å². The van der Waals surface area contributed by atoms with E-state index < -0.39 is 5.54 Å². The standard InChI is InChI=1S/C15H21N3O3/c1-9(16-4)11-6-5-10(7-12(11)19)18-8-13(20)17-14(21)15(18,2)3/h5-7,9,16,19H,8H2,1-4H3,(H,17,20,21). The van der Waals surface area contributed by atoms with Gasteiger partial charge in [-0.15, -0.1) is 0 Å². The third-order valence-electron chi connectivity index (χ3n) is 4.01. The van der Waals surface area contributed by atoms with Crippen molar-refractivity contribution in [3.63, 3.8) is 0 Å². The maximum atomic E-state index is 12.0. The Kier molecular flexibility index (Phi) is 3.91. The molecule has 2 amide bonds. The minimum absolute atomic E-state index is 0.0124. The van der Waals surface area contributed by atoms with Crippen LogP contribution in [0, 0.1) is 0 Å². The Morgan fingerprint density at radius 3 is 2.62 bits per heavy atom. The van der Waals surface area contributed by atoms with Crippen molar-refractivity contribution in [2.45, 2.75) is 32.4 Å². The van der Waals surface area contributed by atoms with Crippen molar-refractivity contribution in [1.29, 1.82) is 0 Å². The molecule has 0 saturated carbocycles. The molecule has 0 spiro atoms. The molecule has 0 bridgehead atoms. The molecule has 0 aromatic heterocycles. The second-order valence-electron chi connectivity index (χ2n) is 5.78. The number of nitrogens with one attached hydrogen (secondary N) is 2. The largest absolute Gasteiger partial charge is 0.508 e. The molecule has 1 aliphatic rings. The van der Waals surface area contributed by atoms with Gasteiger partial charge in [0.05, 0.1) is 6.54 Å². The Labute approximate surface area is 124 Å². The first-order valence-corrected chi connectivity index (χ1v) is 6.89. The molecule has 3 N–H and O–H groups in total. The molecule has 114 valence electrons. The van der Waals surface area contributed by atoms with Crippen LogP contribution in [0.1, 0.15) is 32.4 Å². The second-order valence-corrected chi connectivity index (χ2v) is 5.78. The molecule has 1 fully saturated rings. The maximum Gasteiger partial charge on any atom is 0.251 e. The Morgan fingerprint density at radius 1 is 1.38 bits per heavy atom. The normalized spacial score (nSPS) is 19.3. The maximum absolute atomic E-state index is 12.0. The number of nitrogens with zero attached hydrogens (tertiary/aromatic N) is 1. The summed E-state index contributed by atoms with van der Waals surface area (Å²) in [6, 6.07) is 5.23. The first-order chi connectivity index (χ1) is 9.77. The molecule has 1 heterocycles. The predicted octanol–water partition coefficient (Wildman–Crippen LogP) is 0.914. The van der Waals surface area contributed by atoms with Gasteiger partial charge in [0.15, 0.2) is 0 Å². The zero-order valence-corrected chi connectivity index (χ0v) is 12.7. The topological polar surface area (TPSA) is 81.7 Å². The van der Waals surface area contributed by atoms with Gasteiger partial charge in [-0.3, -0.25) is 14.9 Å². The van der Waals surface area contributed by atoms with Crippen LogP contribution in [0.25, 0.3) is 0 Å². The highest BCUT2D eigenvalue weighted by molar-refractivity contribution is 6.06. The van der Waals surface area contributed by atoms with E-state index in [0.717, 1.165) is 5.56 Å². The number of carbonyl (C=O) groups is 2. The van der Waals surface area contributed by atoms with Gasteiger partial charge in [-0.1, -0.05) is 6.07 Å². The number of piperazine rings is 1. The first kappa shape index (κ1) is 15.3. The number of phenols is 1. The van der Waals surface area contributed by atoms with Gasteiger partial charge < -0.3 is 15.3 Å². The molecule has 6 nitrogen and oxygen atoms in total. The average Bonchev–Trinajstić information content (AvgIpc) is 2.42. The Balaban J connectivity index is 2.39. The number of amides is 2. The summed E-state index contributed by atoms with van der Waals surface area (Å²) in [5.41, 5.74) is 0.566. The molecule has 2 rings (SSSR count). The highest BCUT2D eigenvalue weighted by Crippen LogP contribution is 2.32. The van der Waals surface area contributed by atoms with Crippen LogP contribution in [0.2, 0.25) is 0 Å². The summed E-state index contributed by atoms with van der Waals surface area (Å²) in [5, 5.41) is 15.6. The fraction of sp³-hybridized carbons (Fsp3) is 0.467. The highest BCUT2D eigenvalue weighted by Gasteiger charge is 2.41. The number of benzene rings is 1. The number of imide groups is 1. The van der Waals surface area contributed by atoms with E-state index in [1.165, 1.54) is 0 Å². The number of anilines is 1. The molecule has 1 saturated heterocycles. The van der Waals surface area contributed by atoms with Gasteiger partial charge in [-0.05, 0) is 33.9 Å². The lowest BCUT2D eigenvalue weighted by Gasteiger charge is -2.41. The summed E-state index contributed by atoms with van der Waals surface area (Å²) in [5.74, 6) is -0.541. The van der Waals surface area contributed by atoms with Gasteiger partial charge in [0.2, 0.25) is 5.91 Å². The van der Waals surface area contributed by atoms with Crippen LogP contribution in [0.5, 0.6) is 5.75 Å². The van der Waals surface area contributed by atoms with E-state index in [4.69, 9.17) is 0 Å². The first-order valence-electron chi connectivity index (χ1n) is 6.89. The van der Waals surface area contributed by atoms with Crippen molar-refractivity contribution in [1.82, 2.24) is 10.6 Å². The zero-order valence-electron chi connectivity index (χ0n) is 12.7. The molecule has 1 aromatic rings. The lowest BCUT2D eigenvalue weighted by atomic mass is 9.97. The second kappa shape index (κ2) is 5.37. The molecular formula is C15H21N3O3. The van der Waals surface area contributed by atoms with E-state index in [1.54, 1.807) is 30.9 Å². The van der Waals surface area contributed by atoms with Crippen molar-refractivity contribution >= 4 is 17.5 Å². The van der Waals surface area contributed by atoms with Crippen molar-refractivity contribution in [2.75, 3.05) is 18.5 Å². The van der Waals surface area contributed by atoms with E-state index >= 15 is 0 Å². The van der Waals surface area contributed by atoms with Crippen LogP contribution < -0.4 is 15.5 Å². The van der Waals surface area contributed by atoms with Gasteiger partial charge in [-0.25, -0.2) is 0 Å². The number of phenolic OH excluding ortho intramolecular Hbond substituents is 1. The number of aromatic hydroxyl groups is 1. The predicted molar refractivity (Wildman–Crippen MR) is 80.2 cm³/mol. The Hall–Kier alpha value is -2.08. The van der Waals surface area contributed by atoms with E-state index in [0.29, 0.717) is 5.69 Å². The van der Waals surface area contributed by atoms with Gasteiger partial charge in [-0.2, -0.15) is 0 Å². The van der Waals surface area contributed by atoms with Gasteiger partial charge >= 0.3 is 0 Å². The molecule has 0 aliphatic carbocycles. The summed E-state index contributed by atoms with van der Waals surface area (Å²) in [7, 11) is 1.81. The van der Waals surface area contributed by atoms with Crippen LogP contribution in [0.15, 0.2) is 18.2 Å². The fourth-order valence-electron chi connectivity index (χ4n) is 2.42. The van der Waals surface area contributed by atoms with Crippen LogP contribution in [0.4, 0.5) is 5.69 Å². The zero-order chi connectivity index (χ0) is 15.8. The van der Waals surface area contributed by atoms with Crippen LogP contribution in [0.3, 0.4) is 0 Å². The lowest BCUT2D eigenvalue weighted by molar-refractivity contribution is -0.135. The smallest absolute Gasteiger partial charge is 0.251 e. The summed E-state index contributed by atoms with van der Waals surface area (Å²) in [4.78, 5) is 25.3. The van der Waals surface area contributed by atoms with Crippen molar-refractivity contribution in [2.24, 2.45) is 0 Å². The van der Waals surface area contributed by atoms with Gasteiger partial charge in [0.1, 0.15) is 11.3 Å². The fourth-order valence-corrected chi connectivity index (χ4v) is 2.42. The van der Waals surface area contributed by atoms with E-state index in [9.17, 15) is 14.7 Å². The molecule has 6 heteroatoms. The molecule has 0 radical (unpaired) electrons. The number of hydrogen-bond donors (Lipinski definition) is 3. The van der Waals surface area contributed by atoms with E-state index in [-0.39, 0.29) is 30.2 Å². The highest BCUT2D eigenvalue weighted by atomic mass is 16.3. The molecule has 1 unspecified atom stereocenters. The summed E-state index contributed by atoms with van der Waals surface area (Å²) < 4.78 is 0. The van der Waals surface area contributed by atoms with Gasteiger partial charge in [0.25, 0.3) is 5.91 Å². The van der Waals surface area contributed by atoms with E-state index in [2.05, 4.69) is 10.6 Å². The van der Waals surface area contributed by atoms with Crippen molar-refractivity contribution < 1.29 is 14.7 Å². The molecule has 21 heavy (non-hydrogen) atoms. The number of hydrogen-bond acceptors (Lipinski definition) is 5. The Morgan fingerprint density at radius 2 is 2.05 bits per heavy atom. The summed E-state index contributed by atoms with van der Waals surface area (Å²) in [6.07, 6.45) is 0. The van der Waals surface area contributed by atoms with Crippen LogP contribution in [-0.4, -0.2) is 36.1 Å². The lowest BCUT2D eigenvalue weighted by Crippen LogP contribution is -2.64. The van der Waals surface area contributed by atoms with Crippen molar-refractivity contribution in [3.8, 4) is 5.75 Å². The third-order valence-corrected chi connectivity index (χ3v) is 4.01. The molecule has 1 atom stereocenters. The van der Waals surface area contributed by atoms with Crippen molar-refractivity contribution in [3.05, 3.63) is 23.8 Å². The molecule has 1 aromatic carbocycles. The van der Waals surface area contributed by atoms with Gasteiger partial charge in [0, 0.05) is 23.4 Å². The SMILES string of the molecule is CNC(C)c1ccc(N2CC(=O)NC(=O)C2(C)C)cc1O. The number of carbonyl (C=O) groups excluding carboxylic acids is 2. The van der Waals surface area contributed by atoms with E-state index in [1.807, 2.05) is 20.0 Å². The Bertz CT molecular complexity index is 584. The average molecular weight is 291 g/mol. The minimum Gasteiger partial charge on any atom is -0.508 e. The molecule has 1 aliphatic heterocycles. The van der Waals surface area contributed by atoms with Crippen LogP contribution in [-0.2, 0) is 9.59 Å². The third kappa shape index (κ3) is 2.71. The monoisotopic (exact) mass is 291 g/mol. The quantitative estimate of drug-likeness (QED) is 0.721. The molecular weight excluding hydrogens is 270 g/mol.